The van der Waals surface area contributed by atoms with Gasteiger partial charge in [0.2, 0.25) is 11.1 Å². The Labute approximate surface area is 160 Å². The van der Waals surface area contributed by atoms with Crippen molar-refractivity contribution in [2.24, 2.45) is 0 Å². The van der Waals surface area contributed by atoms with Crippen molar-refractivity contribution >= 4 is 46.6 Å². The van der Waals surface area contributed by atoms with E-state index in [9.17, 15) is 4.79 Å². The molecule has 0 atom stereocenters. The Balaban J connectivity index is 1.58. The molecule has 1 aromatic carbocycles. The summed E-state index contributed by atoms with van der Waals surface area (Å²) in [6.45, 7) is 0. The summed E-state index contributed by atoms with van der Waals surface area (Å²) in [4.78, 5) is 12.1. The Kier molecular flexibility index (Phi) is 6.09. The van der Waals surface area contributed by atoms with Crippen molar-refractivity contribution in [3.05, 3.63) is 34.1 Å². The number of hydrogen-bond acceptors (Lipinski definition) is 5. The van der Waals surface area contributed by atoms with Gasteiger partial charge in [0.05, 0.1) is 16.5 Å². The molecule has 1 saturated carbocycles. The normalized spacial score (nSPS) is 15.3. The van der Waals surface area contributed by atoms with Crippen LogP contribution in [0.4, 0.5) is 5.69 Å². The van der Waals surface area contributed by atoms with Crippen molar-refractivity contribution in [2.45, 2.75) is 43.2 Å². The zero-order valence-electron chi connectivity index (χ0n) is 13.5. The van der Waals surface area contributed by atoms with Gasteiger partial charge in [0, 0.05) is 10.9 Å². The Hall–Kier alpha value is -1.44. The van der Waals surface area contributed by atoms with Gasteiger partial charge in [-0.15, -0.1) is 10.2 Å². The third-order valence-corrected chi connectivity index (χ3v) is 5.69. The van der Waals surface area contributed by atoms with Crippen LogP contribution in [0.15, 0.2) is 23.4 Å². The van der Waals surface area contributed by atoms with Gasteiger partial charge < -0.3 is 11.2 Å². The van der Waals surface area contributed by atoms with Crippen LogP contribution in [0.1, 0.15) is 43.8 Å². The smallest absolute Gasteiger partial charge is 0.234 e. The number of benzene rings is 1. The van der Waals surface area contributed by atoms with Crippen LogP contribution >= 0.6 is 35.0 Å². The van der Waals surface area contributed by atoms with E-state index in [1.807, 2.05) is 0 Å². The van der Waals surface area contributed by atoms with E-state index >= 15 is 0 Å². The highest BCUT2D eigenvalue weighted by Gasteiger charge is 2.22. The Bertz CT molecular complexity index is 761. The summed E-state index contributed by atoms with van der Waals surface area (Å²) >= 11 is 13.1. The molecule has 134 valence electrons. The molecule has 0 bridgehead atoms. The fourth-order valence-electron chi connectivity index (χ4n) is 2.93. The van der Waals surface area contributed by atoms with Gasteiger partial charge in [-0.2, -0.15) is 0 Å². The number of nitrogens with two attached hydrogens (primary N) is 1. The molecule has 1 amide bonds. The number of nitrogen functional groups attached to an aromatic ring is 1. The van der Waals surface area contributed by atoms with Crippen LogP contribution in [-0.4, -0.2) is 26.5 Å². The van der Waals surface area contributed by atoms with E-state index in [4.69, 9.17) is 29.0 Å². The second-order valence-electron chi connectivity index (χ2n) is 6.01. The third-order valence-electron chi connectivity index (χ3n) is 4.20. The van der Waals surface area contributed by atoms with E-state index in [-0.39, 0.29) is 11.7 Å². The zero-order valence-corrected chi connectivity index (χ0v) is 15.9. The predicted molar refractivity (Wildman–Crippen MR) is 102 cm³/mol. The monoisotopic (exact) mass is 399 g/mol. The quantitative estimate of drug-likeness (QED) is 0.584. The second-order valence-corrected chi connectivity index (χ2v) is 7.79. The molecular formula is C16H19Cl2N5OS. The topological polar surface area (TPSA) is 85.8 Å². The molecule has 1 aromatic heterocycles. The van der Waals surface area contributed by atoms with Crippen LogP contribution in [0, 0.1) is 0 Å². The largest absolute Gasteiger partial charge is 0.336 e. The number of carbonyl (C=O) groups excluding carboxylic acids is 1. The van der Waals surface area contributed by atoms with Crippen molar-refractivity contribution in [3.8, 4) is 0 Å². The minimum atomic E-state index is -0.198. The minimum absolute atomic E-state index is 0.166. The molecule has 0 unspecified atom stereocenters. The van der Waals surface area contributed by atoms with E-state index < -0.39 is 0 Å². The number of nitrogens with zero attached hydrogens (tertiary/aromatic N) is 3. The van der Waals surface area contributed by atoms with Gasteiger partial charge in [0.1, 0.15) is 0 Å². The van der Waals surface area contributed by atoms with Gasteiger partial charge in [0.25, 0.3) is 0 Å². The minimum Gasteiger partial charge on any atom is -0.336 e. The van der Waals surface area contributed by atoms with E-state index in [0.717, 1.165) is 18.7 Å². The maximum absolute atomic E-state index is 12.1. The van der Waals surface area contributed by atoms with Crippen LogP contribution in [0.5, 0.6) is 0 Å². The van der Waals surface area contributed by atoms with Gasteiger partial charge in [0.15, 0.2) is 5.82 Å². The van der Waals surface area contributed by atoms with Gasteiger partial charge in [-0.1, -0.05) is 54.2 Å². The van der Waals surface area contributed by atoms with Crippen molar-refractivity contribution in [1.29, 1.82) is 0 Å². The molecule has 0 spiro atoms. The van der Waals surface area contributed by atoms with E-state index in [2.05, 4.69) is 15.5 Å². The van der Waals surface area contributed by atoms with Gasteiger partial charge in [-0.3, -0.25) is 4.79 Å². The lowest BCUT2D eigenvalue weighted by molar-refractivity contribution is -0.113. The average molecular weight is 400 g/mol. The SMILES string of the molecule is Nn1c(SCC(=O)Nc2ccc(Cl)cc2Cl)nnc1C1CCCCC1. The first-order valence-corrected chi connectivity index (χ1v) is 9.87. The van der Waals surface area contributed by atoms with Crippen LogP contribution in [0.3, 0.4) is 0 Å². The standard InChI is InChI=1S/C16H19Cl2N5OS/c17-11-6-7-13(12(18)8-11)20-14(24)9-25-16-22-21-15(23(16)19)10-4-2-1-3-5-10/h6-8,10H,1-5,9,19H2,(H,20,24). The fraction of sp³-hybridized carbons (Fsp3) is 0.438. The number of rotatable bonds is 5. The number of nitrogens with one attached hydrogen (secondary N) is 1. The number of carbonyl (C=O) groups is 1. The van der Waals surface area contributed by atoms with Gasteiger partial charge in [-0.25, -0.2) is 4.68 Å². The molecule has 1 aliphatic carbocycles. The van der Waals surface area contributed by atoms with E-state index in [1.54, 1.807) is 18.2 Å². The molecule has 1 heterocycles. The van der Waals surface area contributed by atoms with Crippen molar-refractivity contribution in [1.82, 2.24) is 14.9 Å². The maximum Gasteiger partial charge on any atom is 0.234 e. The molecular weight excluding hydrogens is 381 g/mol. The van der Waals surface area contributed by atoms with Gasteiger partial charge >= 0.3 is 0 Å². The Morgan fingerprint density at radius 3 is 2.76 bits per heavy atom. The summed E-state index contributed by atoms with van der Waals surface area (Å²) in [6, 6.07) is 4.92. The first-order chi connectivity index (χ1) is 12.0. The van der Waals surface area contributed by atoms with Crippen LogP contribution < -0.4 is 11.2 Å². The maximum atomic E-state index is 12.1. The number of thioether (sulfide) groups is 1. The molecule has 6 nitrogen and oxygen atoms in total. The number of amides is 1. The first-order valence-electron chi connectivity index (χ1n) is 8.12. The molecule has 25 heavy (non-hydrogen) atoms. The molecule has 1 aliphatic rings. The molecule has 2 aromatic rings. The summed E-state index contributed by atoms with van der Waals surface area (Å²) in [7, 11) is 0. The van der Waals surface area contributed by atoms with Crippen molar-refractivity contribution < 1.29 is 4.79 Å². The summed E-state index contributed by atoms with van der Waals surface area (Å²) in [6.07, 6.45) is 5.85. The van der Waals surface area contributed by atoms with E-state index in [0.29, 0.717) is 26.8 Å². The lowest BCUT2D eigenvalue weighted by atomic mass is 9.89. The highest BCUT2D eigenvalue weighted by molar-refractivity contribution is 7.99. The summed E-state index contributed by atoms with van der Waals surface area (Å²) in [5.41, 5.74) is 0.522. The third kappa shape index (κ3) is 4.59. The number of anilines is 1. The fourth-order valence-corrected chi connectivity index (χ4v) is 4.05. The zero-order chi connectivity index (χ0) is 17.8. The highest BCUT2D eigenvalue weighted by Crippen LogP contribution is 2.32. The molecule has 3 N–H and O–H groups in total. The molecule has 9 heteroatoms. The molecule has 3 rings (SSSR count). The molecule has 0 radical (unpaired) electrons. The van der Waals surface area contributed by atoms with Crippen molar-refractivity contribution in [3.63, 3.8) is 0 Å². The highest BCUT2D eigenvalue weighted by atomic mass is 35.5. The Morgan fingerprint density at radius 1 is 1.28 bits per heavy atom. The number of aromatic nitrogens is 3. The lowest BCUT2D eigenvalue weighted by Crippen LogP contribution is -2.19. The van der Waals surface area contributed by atoms with E-state index in [1.165, 1.54) is 35.7 Å². The number of halogens is 2. The first kappa shape index (κ1) is 18.4. The summed E-state index contributed by atoms with van der Waals surface area (Å²) in [5.74, 6) is 7.26. The average Bonchev–Trinajstić information content (AvgIpc) is 2.97. The van der Waals surface area contributed by atoms with Crippen LogP contribution in [0.25, 0.3) is 0 Å². The Morgan fingerprint density at radius 2 is 2.04 bits per heavy atom. The summed E-state index contributed by atoms with van der Waals surface area (Å²) in [5, 5.41) is 12.6. The van der Waals surface area contributed by atoms with Crippen LogP contribution in [0.2, 0.25) is 10.0 Å². The van der Waals surface area contributed by atoms with Crippen LogP contribution in [-0.2, 0) is 4.79 Å². The molecule has 0 aliphatic heterocycles. The molecule has 1 fully saturated rings. The predicted octanol–water partition coefficient (Wildman–Crippen LogP) is 4.08. The van der Waals surface area contributed by atoms with Gasteiger partial charge in [-0.05, 0) is 31.0 Å². The summed E-state index contributed by atoms with van der Waals surface area (Å²) < 4.78 is 1.52. The van der Waals surface area contributed by atoms with Crippen molar-refractivity contribution in [2.75, 3.05) is 16.9 Å². The second kappa shape index (κ2) is 8.29. The lowest BCUT2D eigenvalue weighted by Gasteiger charge is -2.20. The number of hydrogen-bond donors (Lipinski definition) is 2. The molecule has 0 saturated heterocycles.